The van der Waals surface area contributed by atoms with Gasteiger partial charge in [0.05, 0.1) is 16.4 Å². The standard InChI is InChI=1S/C12H10ClNO2S/c1-8(15)14(10-4-5-17-7-10)9-2-3-12(16)11(13)6-9/h2-7,16H,1H3. The molecule has 0 radical (unpaired) electrons. The summed E-state index contributed by atoms with van der Waals surface area (Å²) >= 11 is 7.35. The molecule has 3 nitrogen and oxygen atoms in total. The van der Waals surface area contributed by atoms with E-state index in [0.29, 0.717) is 5.69 Å². The smallest absolute Gasteiger partial charge is 0.228 e. The van der Waals surface area contributed by atoms with Crippen molar-refractivity contribution in [3.8, 4) is 5.75 Å². The number of anilines is 2. The van der Waals surface area contributed by atoms with Crippen LogP contribution in [0.4, 0.5) is 11.4 Å². The normalized spacial score (nSPS) is 10.2. The lowest BCUT2D eigenvalue weighted by atomic mass is 10.2. The minimum atomic E-state index is -0.106. The van der Waals surface area contributed by atoms with E-state index in [-0.39, 0.29) is 16.7 Å². The fraction of sp³-hybridized carbons (Fsp3) is 0.0833. The number of thiophene rings is 1. The Hall–Kier alpha value is -1.52. The van der Waals surface area contributed by atoms with Crippen LogP contribution in [0.3, 0.4) is 0 Å². The number of halogens is 1. The Bertz CT molecular complexity index is 539. The molecule has 0 spiro atoms. The Morgan fingerprint density at radius 1 is 1.35 bits per heavy atom. The summed E-state index contributed by atoms with van der Waals surface area (Å²) in [6.45, 7) is 1.48. The molecule has 0 aliphatic carbocycles. The van der Waals surface area contributed by atoms with Crippen LogP contribution >= 0.6 is 22.9 Å². The monoisotopic (exact) mass is 267 g/mol. The minimum absolute atomic E-state index is 0.00392. The van der Waals surface area contributed by atoms with Crippen molar-refractivity contribution in [2.75, 3.05) is 4.90 Å². The van der Waals surface area contributed by atoms with Crippen molar-refractivity contribution in [3.63, 3.8) is 0 Å². The van der Waals surface area contributed by atoms with E-state index in [0.717, 1.165) is 5.69 Å². The zero-order valence-corrected chi connectivity index (χ0v) is 10.6. The molecule has 0 aliphatic rings. The molecule has 17 heavy (non-hydrogen) atoms. The average Bonchev–Trinajstić information content (AvgIpc) is 2.76. The van der Waals surface area contributed by atoms with Gasteiger partial charge in [0, 0.05) is 12.3 Å². The van der Waals surface area contributed by atoms with E-state index in [2.05, 4.69) is 0 Å². The third-order valence-electron chi connectivity index (χ3n) is 2.27. The Morgan fingerprint density at radius 2 is 2.12 bits per heavy atom. The molecule has 5 heteroatoms. The molecular weight excluding hydrogens is 258 g/mol. The van der Waals surface area contributed by atoms with E-state index in [1.165, 1.54) is 24.3 Å². The second-order valence-electron chi connectivity index (χ2n) is 3.47. The molecular formula is C12H10ClNO2S. The largest absolute Gasteiger partial charge is 0.506 e. The van der Waals surface area contributed by atoms with Gasteiger partial charge in [0.25, 0.3) is 0 Å². The maximum absolute atomic E-state index is 11.7. The van der Waals surface area contributed by atoms with Gasteiger partial charge in [-0.15, -0.1) is 0 Å². The molecule has 1 heterocycles. The van der Waals surface area contributed by atoms with Gasteiger partial charge >= 0.3 is 0 Å². The van der Waals surface area contributed by atoms with Crippen LogP contribution in [0.2, 0.25) is 5.02 Å². The number of phenols is 1. The SMILES string of the molecule is CC(=O)N(c1ccsc1)c1ccc(O)c(Cl)c1. The van der Waals surface area contributed by atoms with Crippen LogP contribution in [-0.4, -0.2) is 11.0 Å². The van der Waals surface area contributed by atoms with Crippen molar-refractivity contribution in [2.24, 2.45) is 0 Å². The number of benzene rings is 1. The molecule has 2 aromatic rings. The molecule has 0 bridgehead atoms. The van der Waals surface area contributed by atoms with E-state index in [9.17, 15) is 9.90 Å². The van der Waals surface area contributed by atoms with Crippen LogP contribution in [0.25, 0.3) is 0 Å². The first-order chi connectivity index (χ1) is 8.09. The van der Waals surface area contributed by atoms with Crippen molar-refractivity contribution in [1.29, 1.82) is 0 Å². The van der Waals surface area contributed by atoms with Crippen LogP contribution in [-0.2, 0) is 4.79 Å². The Balaban J connectivity index is 2.47. The second kappa shape index (κ2) is 4.77. The molecule has 0 unspecified atom stereocenters. The van der Waals surface area contributed by atoms with Crippen molar-refractivity contribution in [1.82, 2.24) is 0 Å². The van der Waals surface area contributed by atoms with Gasteiger partial charge < -0.3 is 5.11 Å². The third kappa shape index (κ3) is 2.43. The molecule has 0 fully saturated rings. The molecule has 2 rings (SSSR count). The molecule has 0 saturated carbocycles. The van der Waals surface area contributed by atoms with Crippen LogP contribution in [0.15, 0.2) is 35.0 Å². The highest BCUT2D eigenvalue weighted by molar-refractivity contribution is 7.08. The molecule has 88 valence electrons. The first-order valence-electron chi connectivity index (χ1n) is 4.91. The predicted octanol–water partition coefficient (Wildman–Crippen LogP) is 3.79. The quantitative estimate of drug-likeness (QED) is 0.899. The Kier molecular flexibility index (Phi) is 3.36. The van der Waals surface area contributed by atoms with E-state index >= 15 is 0 Å². The van der Waals surface area contributed by atoms with E-state index in [1.54, 1.807) is 17.0 Å². The summed E-state index contributed by atoms with van der Waals surface area (Å²) < 4.78 is 0. The van der Waals surface area contributed by atoms with Crippen molar-refractivity contribution in [2.45, 2.75) is 6.92 Å². The van der Waals surface area contributed by atoms with E-state index < -0.39 is 0 Å². The fourth-order valence-electron chi connectivity index (χ4n) is 1.53. The number of hydrogen-bond acceptors (Lipinski definition) is 3. The Morgan fingerprint density at radius 3 is 2.65 bits per heavy atom. The summed E-state index contributed by atoms with van der Waals surface area (Å²) in [4.78, 5) is 13.2. The predicted molar refractivity (Wildman–Crippen MR) is 70.3 cm³/mol. The molecule has 1 N–H and O–H groups in total. The van der Waals surface area contributed by atoms with Crippen molar-refractivity contribution >= 4 is 40.2 Å². The Labute approximate surface area is 108 Å². The number of carbonyl (C=O) groups is 1. The van der Waals surface area contributed by atoms with Gasteiger partial charge in [0.2, 0.25) is 5.91 Å². The zero-order chi connectivity index (χ0) is 12.4. The summed E-state index contributed by atoms with van der Waals surface area (Å²) in [5, 5.41) is 13.4. The van der Waals surface area contributed by atoms with Gasteiger partial charge in [-0.1, -0.05) is 11.6 Å². The lowest BCUT2D eigenvalue weighted by Crippen LogP contribution is -2.21. The molecule has 0 aliphatic heterocycles. The molecule has 1 aromatic carbocycles. The molecule has 1 aromatic heterocycles. The second-order valence-corrected chi connectivity index (χ2v) is 4.66. The van der Waals surface area contributed by atoms with Gasteiger partial charge in [-0.05, 0) is 29.6 Å². The van der Waals surface area contributed by atoms with Crippen LogP contribution < -0.4 is 4.90 Å². The number of phenolic OH excluding ortho intramolecular Hbond substituents is 1. The van der Waals surface area contributed by atoms with Crippen LogP contribution in [0, 0.1) is 0 Å². The number of hydrogen-bond donors (Lipinski definition) is 1. The maximum atomic E-state index is 11.7. The molecule has 0 saturated heterocycles. The average molecular weight is 268 g/mol. The summed E-state index contributed by atoms with van der Waals surface area (Å²) in [5.74, 6) is -0.102. The highest BCUT2D eigenvalue weighted by Gasteiger charge is 2.15. The first-order valence-corrected chi connectivity index (χ1v) is 6.23. The summed E-state index contributed by atoms with van der Waals surface area (Å²) in [6, 6.07) is 6.54. The fourth-order valence-corrected chi connectivity index (χ4v) is 2.33. The maximum Gasteiger partial charge on any atom is 0.228 e. The van der Waals surface area contributed by atoms with Gasteiger partial charge in [0.15, 0.2) is 0 Å². The number of carbonyl (C=O) groups excluding carboxylic acids is 1. The van der Waals surface area contributed by atoms with Crippen molar-refractivity contribution < 1.29 is 9.90 Å². The lowest BCUT2D eigenvalue weighted by Gasteiger charge is -2.20. The minimum Gasteiger partial charge on any atom is -0.506 e. The number of aromatic hydroxyl groups is 1. The van der Waals surface area contributed by atoms with Crippen molar-refractivity contribution in [3.05, 3.63) is 40.0 Å². The number of nitrogens with zero attached hydrogens (tertiary/aromatic N) is 1. The molecule has 1 amide bonds. The van der Waals surface area contributed by atoms with Gasteiger partial charge in [-0.3, -0.25) is 9.69 Å². The van der Waals surface area contributed by atoms with Crippen LogP contribution in [0.5, 0.6) is 5.75 Å². The highest BCUT2D eigenvalue weighted by Crippen LogP contribution is 2.33. The van der Waals surface area contributed by atoms with Gasteiger partial charge in [-0.25, -0.2) is 0 Å². The van der Waals surface area contributed by atoms with Crippen LogP contribution in [0.1, 0.15) is 6.92 Å². The lowest BCUT2D eigenvalue weighted by molar-refractivity contribution is -0.115. The number of rotatable bonds is 2. The summed E-state index contributed by atoms with van der Waals surface area (Å²) in [7, 11) is 0. The first kappa shape index (κ1) is 12.0. The van der Waals surface area contributed by atoms with E-state index in [1.807, 2.05) is 16.8 Å². The number of amides is 1. The highest BCUT2D eigenvalue weighted by atomic mass is 35.5. The third-order valence-corrected chi connectivity index (χ3v) is 3.24. The van der Waals surface area contributed by atoms with Gasteiger partial charge in [-0.2, -0.15) is 11.3 Å². The molecule has 0 atom stereocenters. The summed E-state index contributed by atoms with van der Waals surface area (Å²) in [5.41, 5.74) is 1.43. The topological polar surface area (TPSA) is 40.5 Å². The summed E-state index contributed by atoms with van der Waals surface area (Å²) in [6.07, 6.45) is 0. The van der Waals surface area contributed by atoms with Gasteiger partial charge in [0.1, 0.15) is 5.75 Å². The van der Waals surface area contributed by atoms with E-state index in [4.69, 9.17) is 11.6 Å². The zero-order valence-electron chi connectivity index (χ0n) is 9.05.